The Bertz CT molecular complexity index is 961. The van der Waals surface area contributed by atoms with Crippen LogP contribution >= 0.6 is 0 Å². The Morgan fingerprint density at radius 1 is 0.867 bits per heavy atom. The van der Waals surface area contributed by atoms with E-state index in [4.69, 9.17) is 0 Å². The van der Waals surface area contributed by atoms with Gasteiger partial charge in [0, 0.05) is 38.1 Å². The Labute approximate surface area is 180 Å². The van der Waals surface area contributed by atoms with Crippen molar-refractivity contribution in [2.24, 2.45) is 5.92 Å². The van der Waals surface area contributed by atoms with Gasteiger partial charge in [-0.15, -0.1) is 0 Å². The first kappa shape index (κ1) is 20.4. The Morgan fingerprint density at radius 3 is 2.43 bits per heavy atom. The van der Waals surface area contributed by atoms with Crippen LogP contribution in [0.25, 0.3) is 0 Å². The summed E-state index contributed by atoms with van der Waals surface area (Å²) in [6.45, 7) is 3.75. The van der Waals surface area contributed by atoms with Crippen molar-refractivity contribution in [3.05, 3.63) is 95.3 Å². The molecule has 1 aliphatic carbocycles. The van der Waals surface area contributed by atoms with Gasteiger partial charge in [-0.1, -0.05) is 67.8 Å². The van der Waals surface area contributed by atoms with Gasteiger partial charge < -0.3 is 4.57 Å². The highest BCUT2D eigenvalue weighted by atomic mass is 15.1. The molecule has 1 heterocycles. The predicted molar refractivity (Wildman–Crippen MR) is 122 cm³/mol. The van der Waals surface area contributed by atoms with Crippen LogP contribution in [-0.2, 0) is 19.6 Å². The number of hydrogen-bond acceptors (Lipinski definition) is 2. The number of nitriles is 1. The summed E-state index contributed by atoms with van der Waals surface area (Å²) >= 11 is 0. The van der Waals surface area contributed by atoms with Crippen molar-refractivity contribution in [1.82, 2.24) is 9.47 Å². The minimum absolute atomic E-state index is 0.769. The second-order valence-corrected chi connectivity index (χ2v) is 8.56. The lowest BCUT2D eigenvalue weighted by atomic mass is 9.88. The van der Waals surface area contributed by atoms with Crippen LogP contribution in [0.15, 0.2) is 72.9 Å². The second kappa shape index (κ2) is 10.3. The number of rotatable bonds is 8. The minimum Gasteiger partial charge on any atom is -0.346 e. The topological polar surface area (TPSA) is 32.0 Å². The zero-order chi connectivity index (χ0) is 20.6. The van der Waals surface area contributed by atoms with Gasteiger partial charge in [0.15, 0.2) is 0 Å². The summed E-state index contributed by atoms with van der Waals surface area (Å²) in [4.78, 5) is 2.56. The van der Waals surface area contributed by atoms with E-state index in [0.717, 1.165) is 43.2 Å². The summed E-state index contributed by atoms with van der Waals surface area (Å²) in [6.07, 6.45) is 8.95. The third-order valence-electron chi connectivity index (χ3n) is 6.28. The summed E-state index contributed by atoms with van der Waals surface area (Å²) in [6, 6.07) is 25.5. The van der Waals surface area contributed by atoms with Crippen molar-refractivity contribution >= 4 is 0 Å². The number of benzene rings is 2. The summed E-state index contributed by atoms with van der Waals surface area (Å²) in [7, 11) is 0. The van der Waals surface area contributed by atoms with E-state index in [1.165, 1.54) is 43.4 Å². The van der Waals surface area contributed by atoms with Crippen molar-refractivity contribution in [1.29, 1.82) is 5.26 Å². The third kappa shape index (κ3) is 5.40. The van der Waals surface area contributed by atoms with Gasteiger partial charge in [-0.3, -0.25) is 4.90 Å². The van der Waals surface area contributed by atoms with Gasteiger partial charge in [0.2, 0.25) is 0 Å². The lowest BCUT2D eigenvalue weighted by Gasteiger charge is -2.30. The standard InChI is InChI=1S/C27H31N3/c28-18-25-14-7-8-15-26(25)21-29(19-23-10-3-1-4-11-23)22-27-16-9-17-30(27)20-24-12-5-2-6-13-24/h2,5-9,12-17,23H,1,3-4,10-11,19-22H2. The van der Waals surface area contributed by atoms with Crippen LogP contribution in [0.5, 0.6) is 0 Å². The van der Waals surface area contributed by atoms with E-state index in [0.29, 0.717) is 0 Å². The quantitative estimate of drug-likeness (QED) is 0.467. The molecule has 0 aliphatic heterocycles. The van der Waals surface area contributed by atoms with Crippen LogP contribution in [0.4, 0.5) is 0 Å². The minimum atomic E-state index is 0.769. The maximum absolute atomic E-state index is 9.55. The zero-order valence-electron chi connectivity index (χ0n) is 17.7. The average Bonchev–Trinajstić information content (AvgIpc) is 3.22. The summed E-state index contributed by atoms with van der Waals surface area (Å²) in [5, 5.41) is 9.55. The highest BCUT2D eigenvalue weighted by molar-refractivity contribution is 5.37. The highest BCUT2D eigenvalue weighted by Gasteiger charge is 2.19. The van der Waals surface area contributed by atoms with Gasteiger partial charge in [-0.05, 0) is 48.1 Å². The molecule has 2 aromatic carbocycles. The molecule has 0 radical (unpaired) electrons. The fourth-order valence-corrected chi connectivity index (χ4v) is 4.68. The highest BCUT2D eigenvalue weighted by Crippen LogP contribution is 2.26. The normalized spacial score (nSPS) is 14.7. The Morgan fingerprint density at radius 2 is 1.63 bits per heavy atom. The molecule has 30 heavy (non-hydrogen) atoms. The van der Waals surface area contributed by atoms with Crippen molar-refractivity contribution in [3.63, 3.8) is 0 Å². The van der Waals surface area contributed by atoms with Crippen LogP contribution in [0.2, 0.25) is 0 Å². The van der Waals surface area contributed by atoms with Gasteiger partial charge in [-0.25, -0.2) is 0 Å². The second-order valence-electron chi connectivity index (χ2n) is 8.56. The van der Waals surface area contributed by atoms with Crippen LogP contribution in [0.3, 0.4) is 0 Å². The monoisotopic (exact) mass is 397 g/mol. The van der Waals surface area contributed by atoms with E-state index < -0.39 is 0 Å². The van der Waals surface area contributed by atoms with Gasteiger partial charge >= 0.3 is 0 Å². The van der Waals surface area contributed by atoms with Gasteiger partial charge in [-0.2, -0.15) is 5.26 Å². The van der Waals surface area contributed by atoms with Crippen LogP contribution in [-0.4, -0.2) is 16.0 Å². The number of aromatic nitrogens is 1. The molecule has 3 aromatic rings. The van der Waals surface area contributed by atoms with E-state index >= 15 is 0 Å². The summed E-state index contributed by atoms with van der Waals surface area (Å²) in [5.74, 6) is 0.769. The predicted octanol–water partition coefficient (Wildman–Crippen LogP) is 5.99. The lowest BCUT2D eigenvalue weighted by molar-refractivity contribution is 0.183. The van der Waals surface area contributed by atoms with Gasteiger partial charge in [0.25, 0.3) is 0 Å². The molecule has 1 fully saturated rings. The van der Waals surface area contributed by atoms with Crippen LogP contribution in [0, 0.1) is 17.2 Å². The molecule has 0 bridgehead atoms. The molecule has 0 unspecified atom stereocenters. The van der Waals surface area contributed by atoms with Crippen molar-refractivity contribution in [2.75, 3.05) is 6.54 Å². The number of hydrogen-bond donors (Lipinski definition) is 0. The largest absolute Gasteiger partial charge is 0.346 e. The molecule has 0 saturated heterocycles. The van der Waals surface area contributed by atoms with Gasteiger partial charge in [0.05, 0.1) is 11.6 Å². The Balaban J connectivity index is 1.52. The SMILES string of the molecule is N#Cc1ccccc1CN(Cc1cccn1Cc1ccccc1)CC1CCCCC1. The van der Waals surface area contributed by atoms with Gasteiger partial charge in [0.1, 0.15) is 0 Å². The molecular weight excluding hydrogens is 366 g/mol. The molecule has 0 atom stereocenters. The van der Waals surface area contributed by atoms with Crippen LogP contribution in [0.1, 0.15) is 54.5 Å². The molecular formula is C27H31N3. The fourth-order valence-electron chi connectivity index (χ4n) is 4.68. The van der Waals surface area contributed by atoms with Crippen molar-refractivity contribution in [3.8, 4) is 6.07 Å². The molecule has 0 spiro atoms. The maximum atomic E-state index is 9.55. The third-order valence-corrected chi connectivity index (χ3v) is 6.28. The smallest absolute Gasteiger partial charge is 0.0995 e. The Kier molecular flexibility index (Phi) is 7.00. The zero-order valence-corrected chi connectivity index (χ0v) is 17.7. The maximum Gasteiger partial charge on any atom is 0.0995 e. The summed E-state index contributed by atoms with van der Waals surface area (Å²) < 4.78 is 2.36. The van der Waals surface area contributed by atoms with Crippen molar-refractivity contribution in [2.45, 2.75) is 51.7 Å². The molecule has 3 nitrogen and oxygen atoms in total. The fraction of sp³-hybridized carbons (Fsp3) is 0.370. The van der Waals surface area contributed by atoms with E-state index in [9.17, 15) is 5.26 Å². The van der Waals surface area contributed by atoms with E-state index in [1.807, 2.05) is 18.2 Å². The first-order chi connectivity index (χ1) is 14.8. The number of nitrogens with zero attached hydrogens (tertiary/aromatic N) is 3. The lowest BCUT2D eigenvalue weighted by Crippen LogP contribution is -2.31. The van der Waals surface area contributed by atoms with E-state index in [2.05, 4.69) is 70.3 Å². The average molecular weight is 398 g/mol. The molecule has 1 aliphatic rings. The van der Waals surface area contributed by atoms with E-state index in [-0.39, 0.29) is 0 Å². The first-order valence-electron chi connectivity index (χ1n) is 11.2. The van der Waals surface area contributed by atoms with E-state index in [1.54, 1.807) is 0 Å². The molecule has 1 saturated carbocycles. The molecule has 0 N–H and O–H groups in total. The van der Waals surface area contributed by atoms with Crippen LogP contribution < -0.4 is 0 Å². The molecule has 0 amide bonds. The summed E-state index contributed by atoms with van der Waals surface area (Å²) in [5.41, 5.74) is 4.59. The molecule has 3 heteroatoms. The molecule has 1 aromatic heterocycles. The molecule has 154 valence electrons. The van der Waals surface area contributed by atoms with Crippen molar-refractivity contribution < 1.29 is 0 Å². The first-order valence-corrected chi connectivity index (χ1v) is 11.2. The Hall–Kier alpha value is -2.83. The molecule has 4 rings (SSSR count).